The van der Waals surface area contributed by atoms with Gasteiger partial charge in [0.2, 0.25) is 5.91 Å². The van der Waals surface area contributed by atoms with E-state index in [9.17, 15) is 9.59 Å². The standard InChI is InChI=1S/C15H23N3O3/c1-3-5-11(16)10-14(19)17-12-6-8-13(9-7-12)18-15(20)21-4-2/h6-9,11H,3-5,10,16H2,1-2H3,(H,17,19)(H,18,20). The number of rotatable bonds is 7. The van der Waals surface area contributed by atoms with Gasteiger partial charge in [-0.2, -0.15) is 0 Å². The van der Waals surface area contributed by atoms with Crippen molar-refractivity contribution in [3.63, 3.8) is 0 Å². The summed E-state index contributed by atoms with van der Waals surface area (Å²) in [5.41, 5.74) is 7.09. The molecule has 1 rings (SSSR count). The van der Waals surface area contributed by atoms with Gasteiger partial charge in [0.15, 0.2) is 0 Å². The molecular weight excluding hydrogens is 270 g/mol. The predicted molar refractivity (Wildman–Crippen MR) is 83.2 cm³/mol. The first kappa shape index (κ1) is 17.0. The molecule has 6 nitrogen and oxygen atoms in total. The van der Waals surface area contributed by atoms with E-state index in [1.54, 1.807) is 31.2 Å². The Morgan fingerprint density at radius 3 is 2.24 bits per heavy atom. The van der Waals surface area contributed by atoms with Crippen LogP contribution in [0.1, 0.15) is 33.1 Å². The number of carbonyl (C=O) groups is 2. The molecule has 0 aliphatic heterocycles. The van der Waals surface area contributed by atoms with Crippen LogP contribution >= 0.6 is 0 Å². The Hall–Kier alpha value is -2.08. The Bertz CT molecular complexity index is 460. The molecule has 116 valence electrons. The molecule has 0 radical (unpaired) electrons. The monoisotopic (exact) mass is 293 g/mol. The van der Waals surface area contributed by atoms with Crippen LogP contribution in [0.15, 0.2) is 24.3 Å². The van der Waals surface area contributed by atoms with E-state index >= 15 is 0 Å². The van der Waals surface area contributed by atoms with Gasteiger partial charge >= 0.3 is 6.09 Å². The topological polar surface area (TPSA) is 93.5 Å². The van der Waals surface area contributed by atoms with E-state index in [0.717, 1.165) is 12.8 Å². The maximum Gasteiger partial charge on any atom is 0.411 e. The third kappa shape index (κ3) is 6.76. The fourth-order valence-electron chi connectivity index (χ4n) is 1.84. The van der Waals surface area contributed by atoms with Crippen LogP contribution in [0.3, 0.4) is 0 Å². The Kier molecular flexibility index (Phi) is 7.25. The fourth-order valence-corrected chi connectivity index (χ4v) is 1.84. The van der Waals surface area contributed by atoms with Crippen LogP contribution in [-0.2, 0) is 9.53 Å². The van der Waals surface area contributed by atoms with E-state index in [-0.39, 0.29) is 11.9 Å². The summed E-state index contributed by atoms with van der Waals surface area (Å²) in [7, 11) is 0. The molecule has 21 heavy (non-hydrogen) atoms. The van der Waals surface area contributed by atoms with Crippen LogP contribution in [-0.4, -0.2) is 24.6 Å². The lowest BCUT2D eigenvalue weighted by molar-refractivity contribution is -0.116. The highest BCUT2D eigenvalue weighted by molar-refractivity contribution is 5.91. The van der Waals surface area contributed by atoms with Gasteiger partial charge in [0.25, 0.3) is 0 Å². The van der Waals surface area contributed by atoms with Gasteiger partial charge in [-0.1, -0.05) is 13.3 Å². The maximum absolute atomic E-state index is 11.8. The van der Waals surface area contributed by atoms with Crippen LogP contribution in [0.25, 0.3) is 0 Å². The molecule has 0 aliphatic carbocycles. The Labute approximate surface area is 125 Å². The lowest BCUT2D eigenvalue weighted by atomic mass is 10.1. The van der Waals surface area contributed by atoms with Gasteiger partial charge in [-0.3, -0.25) is 10.1 Å². The molecule has 0 saturated carbocycles. The summed E-state index contributed by atoms with van der Waals surface area (Å²) in [5, 5.41) is 5.35. The molecule has 1 aromatic carbocycles. The summed E-state index contributed by atoms with van der Waals surface area (Å²) >= 11 is 0. The van der Waals surface area contributed by atoms with Crippen molar-refractivity contribution in [2.24, 2.45) is 5.73 Å². The molecule has 0 aromatic heterocycles. The number of carbonyl (C=O) groups excluding carboxylic acids is 2. The van der Waals surface area contributed by atoms with Crippen molar-refractivity contribution in [3.8, 4) is 0 Å². The lowest BCUT2D eigenvalue weighted by Gasteiger charge is -2.11. The first-order valence-electron chi connectivity index (χ1n) is 7.14. The molecule has 0 aliphatic rings. The zero-order valence-electron chi connectivity index (χ0n) is 12.5. The van der Waals surface area contributed by atoms with E-state index in [1.807, 2.05) is 6.92 Å². The number of ether oxygens (including phenoxy) is 1. The second-order valence-electron chi connectivity index (χ2n) is 4.72. The van der Waals surface area contributed by atoms with Crippen LogP contribution in [0.4, 0.5) is 16.2 Å². The normalized spacial score (nSPS) is 11.6. The third-order valence-electron chi connectivity index (χ3n) is 2.80. The molecule has 1 atom stereocenters. The summed E-state index contributed by atoms with van der Waals surface area (Å²) in [5.74, 6) is -0.109. The average Bonchev–Trinajstić information content (AvgIpc) is 2.41. The fraction of sp³-hybridized carbons (Fsp3) is 0.467. The van der Waals surface area contributed by atoms with E-state index in [4.69, 9.17) is 10.5 Å². The van der Waals surface area contributed by atoms with Gasteiger partial charge in [0.1, 0.15) is 0 Å². The van der Waals surface area contributed by atoms with Crippen molar-refractivity contribution in [2.45, 2.75) is 39.2 Å². The molecule has 0 heterocycles. The van der Waals surface area contributed by atoms with Crippen molar-refractivity contribution < 1.29 is 14.3 Å². The minimum atomic E-state index is -0.500. The third-order valence-corrected chi connectivity index (χ3v) is 2.80. The van der Waals surface area contributed by atoms with Crippen molar-refractivity contribution in [2.75, 3.05) is 17.2 Å². The zero-order chi connectivity index (χ0) is 15.7. The van der Waals surface area contributed by atoms with Crippen LogP contribution < -0.4 is 16.4 Å². The number of nitrogens with two attached hydrogens (primary N) is 1. The van der Waals surface area contributed by atoms with Gasteiger partial charge < -0.3 is 15.8 Å². The summed E-state index contributed by atoms with van der Waals surface area (Å²) in [6.45, 7) is 4.09. The zero-order valence-corrected chi connectivity index (χ0v) is 12.5. The Morgan fingerprint density at radius 2 is 1.71 bits per heavy atom. The molecule has 1 aromatic rings. The smallest absolute Gasteiger partial charge is 0.411 e. The highest BCUT2D eigenvalue weighted by Gasteiger charge is 2.09. The molecule has 4 N–H and O–H groups in total. The minimum absolute atomic E-state index is 0.109. The summed E-state index contributed by atoms with van der Waals surface area (Å²) in [4.78, 5) is 23.0. The molecular formula is C15H23N3O3. The average molecular weight is 293 g/mol. The Morgan fingerprint density at radius 1 is 1.14 bits per heavy atom. The predicted octanol–water partition coefficient (Wildman–Crippen LogP) is 2.71. The number of benzene rings is 1. The second-order valence-corrected chi connectivity index (χ2v) is 4.72. The lowest BCUT2D eigenvalue weighted by Crippen LogP contribution is -2.26. The second kappa shape index (κ2) is 8.97. The summed E-state index contributed by atoms with van der Waals surface area (Å²) < 4.78 is 4.77. The number of nitrogens with one attached hydrogen (secondary N) is 2. The van der Waals surface area contributed by atoms with Crippen molar-refractivity contribution in [1.29, 1.82) is 0 Å². The van der Waals surface area contributed by atoms with E-state index in [0.29, 0.717) is 24.4 Å². The van der Waals surface area contributed by atoms with Crippen molar-refractivity contribution in [3.05, 3.63) is 24.3 Å². The van der Waals surface area contributed by atoms with Crippen LogP contribution in [0, 0.1) is 0 Å². The quantitative estimate of drug-likeness (QED) is 0.720. The summed E-state index contributed by atoms with van der Waals surface area (Å²) in [6, 6.07) is 6.70. The molecule has 0 saturated heterocycles. The highest BCUT2D eigenvalue weighted by Crippen LogP contribution is 2.14. The SMILES string of the molecule is CCCC(N)CC(=O)Nc1ccc(NC(=O)OCC)cc1. The molecule has 2 amide bonds. The van der Waals surface area contributed by atoms with Crippen LogP contribution in [0.2, 0.25) is 0 Å². The first-order valence-corrected chi connectivity index (χ1v) is 7.14. The van der Waals surface area contributed by atoms with Crippen molar-refractivity contribution >= 4 is 23.4 Å². The van der Waals surface area contributed by atoms with Gasteiger partial charge in [0.05, 0.1) is 6.61 Å². The molecule has 1 unspecified atom stereocenters. The minimum Gasteiger partial charge on any atom is -0.450 e. The number of hydrogen-bond acceptors (Lipinski definition) is 4. The largest absolute Gasteiger partial charge is 0.450 e. The van der Waals surface area contributed by atoms with E-state index in [1.165, 1.54) is 0 Å². The van der Waals surface area contributed by atoms with E-state index < -0.39 is 6.09 Å². The first-order chi connectivity index (χ1) is 10.0. The molecule has 6 heteroatoms. The van der Waals surface area contributed by atoms with Gasteiger partial charge in [-0.25, -0.2) is 4.79 Å². The van der Waals surface area contributed by atoms with Gasteiger partial charge in [-0.05, 0) is 37.6 Å². The molecule has 0 bridgehead atoms. The number of amides is 2. The van der Waals surface area contributed by atoms with Crippen LogP contribution in [0.5, 0.6) is 0 Å². The number of anilines is 2. The van der Waals surface area contributed by atoms with E-state index in [2.05, 4.69) is 10.6 Å². The maximum atomic E-state index is 11.8. The highest BCUT2D eigenvalue weighted by atomic mass is 16.5. The Balaban J connectivity index is 2.47. The number of hydrogen-bond donors (Lipinski definition) is 3. The summed E-state index contributed by atoms with van der Waals surface area (Å²) in [6.07, 6.45) is 1.59. The molecule has 0 spiro atoms. The van der Waals surface area contributed by atoms with Gasteiger partial charge in [0, 0.05) is 23.8 Å². The molecule has 0 fully saturated rings. The van der Waals surface area contributed by atoms with Crippen molar-refractivity contribution in [1.82, 2.24) is 0 Å². The van der Waals surface area contributed by atoms with Gasteiger partial charge in [-0.15, -0.1) is 0 Å².